The van der Waals surface area contributed by atoms with Crippen LogP contribution >= 0.6 is 0 Å². The maximum absolute atomic E-state index is 13.2. The van der Waals surface area contributed by atoms with Crippen molar-refractivity contribution in [3.8, 4) is 5.75 Å². The summed E-state index contributed by atoms with van der Waals surface area (Å²) in [5.74, 6) is 4.96. The fourth-order valence-corrected chi connectivity index (χ4v) is 1.81. The van der Waals surface area contributed by atoms with Gasteiger partial charge in [0.15, 0.2) is 0 Å². The Labute approximate surface area is 119 Å². The Balaban J connectivity index is 2.11. The molecule has 3 N–H and O–H groups in total. The minimum atomic E-state index is -0.576. The average molecular weight is 292 g/mol. The van der Waals surface area contributed by atoms with Gasteiger partial charge in [-0.2, -0.15) is 0 Å². The topological polar surface area (TPSA) is 94.6 Å². The highest BCUT2D eigenvalue weighted by Gasteiger charge is 2.14. The fraction of sp³-hybridized carbons (Fsp3) is 0.143. The lowest BCUT2D eigenvalue weighted by Gasteiger charge is -2.05. The number of hydrogen-bond donors (Lipinski definition) is 2. The van der Waals surface area contributed by atoms with E-state index in [9.17, 15) is 14.0 Å². The summed E-state index contributed by atoms with van der Waals surface area (Å²) in [4.78, 5) is 22.1. The van der Waals surface area contributed by atoms with Crippen LogP contribution in [0.5, 0.6) is 5.75 Å². The molecule has 0 unspecified atom stereocenters. The first-order valence-electron chi connectivity index (χ1n) is 6.02. The molecule has 0 aliphatic heterocycles. The van der Waals surface area contributed by atoms with Crippen molar-refractivity contribution in [2.24, 2.45) is 5.84 Å². The third-order valence-corrected chi connectivity index (χ3v) is 2.76. The first-order valence-corrected chi connectivity index (χ1v) is 6.02. The molecule has 7 heteroatoms. The number of carbonyl (C=O) groups excluding carboxylic acids is 2. The van der Waals surface area contributed by atoms with Gasteiger partial charge in [0.2, 0.25) is 0 Å². The van der Waals surface area contributed by atoms with Crippen molar-refractivity contribution < 1.29 is 23.1 Å². The zero-order chi connectivity index (χ0) is 15.4. The van der Waals surface area contributed by atoms with E-state index in [1.54, 1.807) is 6.92 Å². The normalized spacial score (nSPS) is 10.2. The van der Waals surface area contributed by atoms with E-state index < -0.39 is 11.7 Å². The second-order valence-corrected chi connectivity index (χ2v) is 4.28. The van der Waals surface area contributed by atoms with Crippen LogP contribution in [-0.2, 0) is 6.61 Å². The molecular weight excluding hydrogens is 279 g/mol. The van der Waals surface area contributed by atoms with E-state index in [-0.39, 0.29) is 17.9 Å². The number of nitrogen functional groups attached to an aromatic ring is 1. The van der Waals surface area contributed by atoms with Crippen molar-refractivity contribution in [3.63, 3.8) is 0 Å². The number of nitrogens with one attached hydrogen (secondary N) is 1. The molecule has 0 bridgehead atoms. The number of furan rings is 1. The molecule has 0 saturated heterocycles. The second-order valence-electron chi connectivity index (χ2n) is 4.28. The van der Waals surface area contributed by atoms with Crippen molar-refractivity contribution in [2.75, 3.05) is 0 Å². The van der Waals surface area contributed by atoms with E-state index >= 15 is 0 Å². The number of hydrazine groups is 1. The standard InChI is InChI=1S/C14H13FN2O4/c1-8-13(14(19)17-16)5-12(21-8)7-20-11-3-9(6-18)2-10(15)4-11/h2-6H,7,16H2,1H3,(H,17,19). The van der Waals surface area contributed by atoms with Gasteiger partial charge < -0.3 is 9.15 Å². The first-order chi connectivity index (χ1) is 10.0. The monoisotopic (exact) mass is 292 g/mol. The number of nitrogens with two attached hydrogens (primary N) is 1. The number of aldehydes is 1. The van der Waals surface area contributed by atoms with Gasteiger partial charge in [0.25, 0.3) is 5.91 Å². The Kier molecular flexibility index (Phi) is 4.34. The van der Waals surface area contributed by atoms with Gasteiger partial charge >= 0.3 is 0 Å². The van der Waals surface area contributed by atoms with Gasteiger partial charge in [0.05, 0.1) is 5.56 Å². The highest BCUT2D eigenvalue weighted by Crippen LogP contribution is 2.19. The molecule has 2 rings (SSSR count). The number of aryl methyl sites for hydroxylation is 1. The van der Waals surface area contributed by atoms with Gasteiger partial charge in [0, 0.05) is 11.6 Å². The van der Waals surface area contributed by atoms with Crippen molar-refractivity contribution in [1.82, 2.24) is 5.43 Å². The smallest absolute Gasteiger partial charge is 0.268 e. The Hall–Kier alpha value is -2.67. The van der Waals surface area contributed by atoms with E-state index in [0.717, 1.165) is 12.1 Å². The van der Waals surface area contributed by atoms with Gasteiger partial charge in [-0.05, 0) is 25.1 Å². The minimum absolute atomic E-state index is 0.0135. The summed E-state index contributed by atoms with van der Waals surface area (Å²) in [7, 11) is 0. The largest absolute Gasteiger partial charge is 0.486 e. The number of carbonyl (C=O) groups is 2. The summed E-state index contributed by atoms with van der Waals surface area (Å²) in [6, 6.07) is 5.13. The molecule has 110 valence electrons. The summed E-state index contributed by atoms with van der Waals surface area (Å²) in [6.45, 7) is 1.60. The third kappa shape index (κ3) is 3.46. The van der Waals surface area contributed by atoms with Crippen LogP contribution in [0.1, 0.15) is 32.2 Å². The van der Waals surface area contributed by atoms with E-state index in [1.165, 1.54) is 12.1 Å². The Morgan fingerprint density at radius 3 is 2.86 bits per heavy atom. The van der Waals surface area contributed by atoms with Crippen molar-refractivity contribution in [1.29, 1.82) is 0 Å². The number of amides is 1. The van der Waals surface area contributed by atoms with Crippen molar-refractivity contribution in [3.05, 3.63) is 52.7 Å². The van der Waals surface area contributed by atoms with Crippen LogP contribution in [0, 0.1) is 12.7 Å². The van der Waals surface area contributed by atoms with Crippen LogP contribution in [0.3, 0.4) is 0 Å². The lowest BCUT2D eigenvalue weighted by molar-refractivity contribution is 0.0952. The summed E-state index contributed by atoms with van der Waals surface area (Å²) in [5, 5.41) is 0. The zero-order valence-corrected chi connectivity index (χ0v) is 11.2. The molecule has 21 heavy (non-hydrogen) atoms. The van der Waals surface area contributed by atoms with Gasteiger partial charge in [-0.3, -0.25) is 15.0 Å². The molecule has 0 fully saturated rings. The molecule has 6 nitrogen and oxygen atoms in total. The molecule has 0 spiro atoms. The summed E-state index contributed by atoms with van der Waals surface area (Å²) < 4.78 is 23.9. The molecule has 0 aliphatic carbocycles. The quantitative estimate of drug-likeness (QED) is 0.379. The summed E-state index contributed by atoms with van der Waals surface area (Å²) >= 11 is 0. The van der Waals surface area contributed by atoms with Crippen LogP contribution in [0.15, 0.2) is 28.7 Å². The van der Waals surface area contributed by atoms with E-state index in [2.05, 4.69) is 0 Å². The third-order valence-electron chi connectivity index (χ3n) is 2.76. The van der Waals surface area contributed by atoms with Gasteiger partial charge in [0.1, 0.15) is 36.0 Å². The highest BCUT2D eigenvalue weighted by atomic mass is 19.1. The predicted molar refractivity (Wildman–Crippen MR) is 71.2 cm³/mol. The maximum Gasteiger partial charge on any atom is 0.268 e. The van der Waals surface area contributed by atoms with Gasteiger partial charge in [-0.15, -0.1) is 0 Å². The lowest BCUT2D eigenvalue weighted by Crippen LogP contribution is -2.30. The molecule has 0 atom stereocenters. The van der Waals surface area contributed by atoms with Crippen LogP contribution in [0.2, 0.25) is 0 Å². The maximum atomic E-state index is 13.2. The highest BCUT2D eigenvalue weighted by molar-refractivity contribution is 5.94. The van der Waals surface area contributed by atoms with Crippen LogP contribution in [-0.4, -0.2) is 12.2 Å². The number of rotatable bonds is 5. The zero-order valence-electron chi connectivity index (χ0n) is 11.2. The molecule has 1 aromatic heterocycles. The Morgan fingerprint density at radius 2 is 2.19 bits per heavy atom. The van der Waals surface area contributed by atoms with Crippen LogP contribution < -0.4 is 16.0 Å². The first kappa shape index (κ1) is 14.7. The number of hydrogen-bond acceptors (Lipinski definition) is 5. The van der Waals surface area contributed by atoms with E-state index in [1.807, 2.05) is 5.43 Å². The second kappa shape index (κ2) is 6.19. The fourth-order valence-electron chi connectivity index (χ4n) is 1.81. The Morgan fingerprint density at radius 1 is 1.43 bits per heavy atom. The molecule has 1 heterocycles. The average Bonchev–Trinajstić information content (AvgIpc) is 2.84. The Bertz CT molecular complexity index is 682. The molecule has 1 amide bonds. The van der Waals surface area contributed by atoms with Crippen molar-refractivity contribution >= 4 is 12.2 Å². The lowest BCUT2D eigenvalue weighted by atomic mass is 10.2. The molecular formula is C14H13FN2O4. The molecule has 0 saturated carbocycles. The van der Waals surface area contributed by atoms with Gasteiger partial charge in [-0.1, -0.05) is 0 Å². The molecule has 0 radical (unpaired) electrons. The van der Waals surface area contributed by atoms with Crippen LogP contribution in [0.4, 0.5) is 4.39 Å². The molecule has 0 aliphatic rings. The SMILES string of the molecule is Cc1oc(COc2cc(F)cc(C=O)c2)cc1C(=O)NN. The number of halogens is 1. The van der Waals surface area contributed by atoms with Crippen molar-refractivity contribution in [2.45, 2.75) is 13.5 Å². The van der Waals surface area contributed by atoms with Gasteiger partial charge in [-0.25, -0.2) is 10.2 Å². The molecule has 1 aromatic carbocycles. The van der Waals surface area contributed by atoms with E-state index in [0.29, 0.717) is 23.4 Å². The number of ether oxygens (including phenoxy) is 1. The minimum Gasteiger partial charge on any atom is -0.486 e. The van der Waals surface area contributed by atoms with Crippen LogP contribution in [0.25, 0.3) is 0 Å². The molecule has 2 aromatic rings. The van der Waals surface area contributed by atoms with E-state index in [4.69, 9.17) is 15.0 Å². The predicted octanol–water partition coefficient (Wildman–Crippen LogP) is 1.72. The number of benzene rings is 1. The summed E-state index contributed by atoms with van der Waals surface area (Å²) in [5.41, 5.74) is 2.47. The summed E-state index contributed by atoms with van der Waals surface area (Å²) in [6.07, 6.45) is 0.524.